The maximum Gasteiger partial charge on any atom is 0.338 e. The topological polar surface area (TPSA) is 140 Å². The van der Waals surface area contributed by atoms with E-state index in [2.05, 4.69) is 10.0 Å². The van der Waals surface area contributed by atoms with Crippen molar-refractivity contribution in [3.8, 4) is 0 Å². The molecule has 0 bridgehead atoms. The Bertz CT molecular complexity index is 1220. The zero-order valence-electron chi connectivity index (χ0n) is 19.7. The molecule has 0 radical (unpaired) electrons. The standard InChI is InChI=1S/C27H25N3O7/c28-30-29-25-24(37-27(33)20-14-8-3-9-15-20)23(36-26(32)19-12-6-2-7-13-19)22(31)21(35-25)17-34-16-18-10-4-1-5-11-18/h1-15,21-25,31H,16-17H2/t21-,22+,23+,24-,25-/m1/s1. The molecule has 1 N–H and O–H groups in total. The maximum absolute atomic E-state index is 12.9. The van der Waals surface area contributed by atoms with E-state index in [0.29, 0.717) is 0 Å². The van der Waals surface area contributed by atoms with Crippen LogP contribution in [0, 0.1) is 0 Å². The van der Waals surface area contributed by atoms with Crippen LogP contribution in [0.4, 0.5) is 0 Å². The first-order chi connectivity index (χ1) is 18.1. The van der Waals surface area contributed by atoms with Gasteiger partial charge in [-0.05, 0) is 35.4 Å². The van der Waals surface area contributed by atoms with Crippen molar-refractivity contribution in [2.24, 2.45) is 5.11 Å². The highest BCUT2D eigenvalue weighted by atomic mass is 16.6. The lowest BCUT2D eigenvalue weighted by Gasteiger charge is -2.42. The van der Waals surface area contributed by atoms with Gasteiger partial charge >= 0.3 is 11.9 Å². The van der Waals surface area contributed by atoms with Crippen molar-refractivity contribution < 1.29 is 33.6 Å². The molecular weight excluding hydrogens is 478 g/mol. The average molecular weight is 504 g/mol. The van der Waals surface area contributed by atoms with Crippen molar-refractivity contribution in [2.45, 2.75) is 37.3 Å². The number of hydrogen-bond acceptors (Lipinski definition) is 8. The summed E-state index contributed by atoms with van der Waals surface area (Å²) in [5, 5.41) is 14.8. The van der Waals surface area contributed by atoms with Gasteiger partial charge in [0.05, 0.1) is 24.3 Å². The fourth-order valence-electron chi connectivity index (χ4n) is 3.85. The summed E-state index contributed by atoms with van der Waals surface area (Å²) in [4.78, 5) is 28.5. The highest BCUT2D eigenvalue weighted by molar-refractivity contribution is 5.90. The molecule has 10 nitrogen and oxygen atoms in total. The summed E-state index contributed by atoms with van der Waals surface area (Å²) in [6, 6.07) is 25.6. The number of aliphatic hydroxyl groups excluding tert-OH is 1. The SMILES string of the molecule is [N-]=[N+]=N[C@@H]1O[C@H](COCc2ccccc2)[C@H](O)[C@H](OC(=O)c2ccccc2)[C@H]1OC(=O)c1ccccc1. The van der Waals surface area contributed by atoms with Crippen molar-refractivity contribution in [1.82, 2.24) is 0 Å². The van der Waals surface area contributed by atoms with Gasteiger partial charge in [0.1, 0.15) is 12.2 Å². The van der Waals surface area contributed by atoms with Gasteiger partial charge in [0.2, 0.25) is 0 Å². The molecule has 0 unspecified atom stereocenters. The molecule has 190 valence electrons. The van der Waals surface area contributed by atoms with Gasteiger partial charge in [-0.15, -0.1) is 0 Å². The molecule has 0 spiro atoms. The van der Waals surface area contributed by atoms with Crippen LogP contribution < -0.4 is 0 Å². The summed E-state index contributed by atoms with van der Waals surface area (Å²) in [7, 11) is 0. The molecule has 1 aliphatic heterocycles. The van der Waals surface area contributed by atoms with Crippen LogP contribution >= 0.6 is 0 Å². The van der Waals surface area contributed by atoms with Gasteiger partial charge in [0, 0.05) is 4.91 Å². The van der Waals surface area contributed by atoms with E-state index in [1.165, 1.54) is 12.1 Å². The Kier molecular flexibility index (Phi) is 8.85. The van der Waals surface area contributed by atoms with E-state index in [1.807, 2.05) is 30.3 Å². The molecule has 5 atom stereocenters. The van der Waals surface area contributed by atoms with Crippen molar-refractivity contribution in [3.05, 3.63) is 118 Å². The highest BCUT2D eigenvalue weighted by Gasteiger charge is 2.49. The zero-order valence-corrected chi connectivity index (χ0v) is 19.7. The third-order valence-corrected chi connectivity index (χ3v) is 5.70. The number of hydrogen-bond donors (Lipinski definition) is 1. The lowest BCUT2D eigenvalue weighted by Crippen LogP contribution is -2.60. The summed E-state index contributed by atoms with van der Waals surface area (Å²) in [5.74, 6) is -1.52. The van der Waals surface area contributed by atoms with Gasteiger partial charge in [-0.25, -0.2) is 9.59 Å². The minimum Gasteiger partial charge on any atom is -0.452 e. The monoisotopic (exact) mass is 503 g/mol. The smallest absolute Gasteiger partial charge is 0.338 e. The zero-order chi connectivity index (χ0) is 26.0. The van der Waals surface area contributed by atoms with Crippen LogP contribution in [0.25, 0.3) is 10.4 Å². The fraction of sp³-hybridized carbons (Fsp3) is 0.259. The number of azide groups is 1. The van der Waals surface area contributed by atoms with E-state index in [1.54, 1.807) is 48.5 Å². The molecule has 37 heavy (non-hydrogen) atoms. The molecule has 3 aromatic rings. The van der Waals surface area contributed by atoms with Crippen molar-refractivity contribution in [3.63, 3.8) is 0 Å². The summed E-state index contributed by atoms with van der Waals surface area (Å²) in [6.45, 7) is 0.132. The molecule has 10 heteroatoms. The predicted molar refractivity (Wildman–Crippen MR) is 131 cm³/mol. The van der Waals surface area contributed by atoms with Gasteiger partial charge < -0.3 is 24.1 Å². The Balaban J connectivity index is 1.56. The Morgan fingerprint density at radius 2 is 1.35 bits per heavy atom. The number of ether oxygens (including phenoxy) is 4. The van der Waals surface area contributed by atoms with Gasteiger partial charge in [0.25, 0.3) is 0 Å². The molecule has 1 fully saturated rings. The number of benzene rings is 3. The van der Waals surface area contributed by atoms with E-state index in [4.69, 9.17) is 24.5 Å². The van der Waals surface area contributed by atoms with Crippen LogP contribution in [-0.4, -0.2) is 54.3 Å². The van der Waals surface area contributed by atoms with Crippen molar-refractivity contribution in [1.29, 1.82) is 0 Å². The van der Waals surface area contributed by atoms with Crippen LogP contribution in [0.3, 0.4) is 0 Å². The van der Waals surface area contributed by atoms with E-state index >= 15 is 0 Å². The molecule has 3 aromatic carbocycles. The number of carbonyl (C=O) groups is 2. The molecule has 0 aromatic heterocycles. The van der Waals surface area contributed by atoms with Crippen LogP contribution in [-0.2, 0) is 25.6 Å². The van der Waals surface area contributed by atoms with Crippen LogP contribution in [0.15, 0.2) is 96.1 Å². The Labute approximate surface area is 213 Å². The lowest BCUT2D eigenvalue weighted by molar-refractivity contribution is -0.231. The van der Waals surface area contributed by atoms with Gasteiger partial charge in [-0.1, -0.05) is 71.8 Å². The van der Waals surface area contributed by atoms with Crippen LogP contribution in [0.5, 0.6) is 0 Å². The molecule has 4 rings (SSSR count). The number of esters is 2. The summed E-state index contributed by atoms with van der Waals surface area (Å²) >= 11 is 0. The first-order valence-electron chi connectivity index (χ1n) is 11.6. The molecule has 0 saturated carbocycles. The Hall–Kier alpha value is -4.21. The van der Waals surface area contributed by atoms with Gasteiger partial charge in [0.15, 0.2) is 18.4 Å². The van der Waals surface area contributed by atoms with Crippen molar-refractivity contribution in [2.75, 3.05) is 6.61 Å². The first kappa shape index (κ1) is 25.9. The molecule has 1 saturated heterocycles. The fourth-order valence-corrected chi connectivity index (χ4v) is 3.85. The van der Waals surface area contributed by atoms with Gasteiger partial charge in [-0.3, -0.25) is 0 Å². The molecule has 0 aliphatic carbocycles. The normalized spacial score (nSPS) is 22.9. The first-order valence-corrected chi connectivity index (χ1v) is 11.6. The quantitative estimate of drug-likeness (QED) is 0.201. The largest absolute Gasteiger partial charge is 0.452 e. The lowest BCUT2D eigenvalue weighted by atomic mass is 9.97. The van der Waals surface area contributed by atoms with Crippen LogP contribution in [0.2, 0.25) is 0 Å². The second-order valence-corrected chi connectivity index (χ2v) is 8.23. The van der Waals surface area contributed by atoms with E-state index in [9.17, 15) is 14.7 Å². The summed E-state index contributed by atoms with van der Waals surface area (Å²) in [5.41, 5.74) is 10.5. The Morgan fingerprint density at radius 1 is 0.838 bits per heavy atom. The third kappa shape index (κ3) is 6.72. The summed E-state index contributed by atoms with van der Waals surface area (Å²) < 4.78 is 22.7. The third-order valence-electron chi connectivity index (χ3n) is 5.70. The molecule has 1 aliphatic rings. The Morgan fingerprint density at radius 3 is 1.89 bits per heavy atom. The van der Waals surface area contributed by atoms with E-state index < -0.39 is 42.6 Å². The van der Waals surface area contributed by atoms with E-state index in [-0.39, 0.29) is 24.3 Å². The minimum atomic E-state index is -1.46. The number of carbonyl (C=O) groups excluding carboxylic acids is 2. The van der Waals surface area contributed by atoms with Crippen LogP contribution in [0.1, 0.15) is 26.3 Å². The average Bonchev–Trinajstić information content (AvgIpc) is 2.94. The van der Waals surface area contributed by atoms with Gasteiger partial charge in [-0.2, -0.15) is 0 Å². The molecule has 0 amide bonds. The van der Waals surface area contributed by atoms with Crippen molar-refractivity contribution >= 4 is 11.9 Å². The number of rotatable bonds is 9. The molecular formula is C27H25N3O7. The van der Waals surface area contributed by atoms with E-state index in [0.717, 1.165) is 5.56 Å². The molecule has 1 heterocycles. The second-order valence-electron chi connectivity index (χ2n) is 8.23. The number of nitrogens with zero attached hydrogens (tertiary/aromatic N) is 3. The predicted octanol–water partition coefficient (Wildman–Crippen LogP) is 4.05. The number of aliphatic hydroxyl groups is 1. The maximum atomic E-state index is 12.9. The highest BCUT2D eigenvalue weighted by Crippen LogP contribution is 2.29. The summed E-state index contributed by atoms with van der Waals surface area (Å²) in [6.07, 6.45) is -6.71. The second kappa shape index (κ2) is 12.7. The minimum absolute atomic E-state index is 0.105.